The number of pyridine rings is 1. The number of rotatable bonds is 21. The quantitative estimate of drug-likeness (QED) is 0.0261. The lowest BCUT2D eigenvalue weighted by Gasteiger charge is -2.24. The van der Waals surface area contributed by atoms with Crippen LogP contribution in [0.1, 0.15) is 29.5 Å². The van der Waals surface area contributed by atoms with Gasteiger partial charge in [-0.05, 0) is 52.6 Å². The summed E-state index contributed by atoms with van der Waals surface area (Å²) >= 11 is 0. The predicted molar refractivity (Wildman–Crippen MR) is 243 cm³/mol. The number of ether oxygens (including phenoxy) is 1. The first kappa shape index (κ1) is 46.4. The Bertz CT molecular complexity index is 2080. The third-order valence-corrected chi connectivity index (χ3v) is 12.3. The molecule has 5 N–H and O–H groups in total. The summed E-state index contributed by atoms with van der Waals surface area (Å²) in [7, 11) is 4.59. The second-order valence-electron chi connectivity index (χ2n) is 14.3. The topological polar surface area (TPSA) is 185 Å². The molecule has 16 heteroatoms. The number of β-amino-alcohol motifs (C(OH)–C–C–N with tert-alkyl or cyclic N) is 2. The predicted octanol–water partition coefficient (Wildman–Crippen LogP) is 3.79. The van der Waals surface area contributed by atoms with Crippen LogP contribution in [0.15, 0.2) is 108 Å². The summed E-state index contributed by atoms with van der Waals surface area (Å²) in [6.45, 7) is 5.74. The molecule has 61 heavy (non-hydrogen) atoms. The monoisotopic (exact) mass is 869 g/mol. The molecule has 0 bridgehead atoms. The Labute approximate surface area is 364 Å². The number of esters is 1. The molecule has 2 aliphatic heterocycles. The summed E-state index contributed by atoms with van der Waals surface area (Å²) in [5.74, 6) is -0.129. The number of carbonyl (C=O) groups excluding carboxylic acids is 3. The van der Waals surface area contributed by atoms with E-state index in [2.05, 4.69) is 22.2 Å². The number of amides is 2. The van der Waals surface area contributed by atoms with Gasteiger partial charge in [0.15, 0.2) is 12.4 Å². The van der Waals surface area contributed by atoms with Gasteiger partial charge in [-0.1, -0.05) is 82.8 Å². The summed E-state index contributed by atoms with van der Waals surface area (Å²) in [5.41, 5.74) is 5.26. The van der Waals surface area contributed by atoms with E-state index in [1.807, 2.05) is 102 Å². The van der Waals surface area contributed by atoms with Gasteiger partial charge in [-0.2, -0.15) is 4.57 Å². The number of carboxylic acid groups (broad SMARTS) is 1. The van der Waals surface area contributed by atoms with Gasteiger partial charge in [0.25, 0.3) is 5.91 Å². The molecule has 2 fully saturated rings. The summed E-state index contributed by atoms with van der Waals surface area (Å²) < 4.78 is 6.70. The molecule has 2 amide bonds. The van der Waals surface area contributed by atoms with Crippen molar-refractivity contribution in [2.75, 3.05) is 61.1 Å². The van der Waals surface area contributed by atoms with E-state index in [-0.39, 0.29) is 37.3 Å². The van der Waals surface area contributed by atoms with Gasteiger partial charge >= 0.3 is 11.9 Å². The molecule has 0 aliphatic carbocycles. The number of allylic oxidation sites excluding steroid dienone is 4. The minimum atomic E-state index is -0.940. The Morgan fingerprint density at radius 2 is 1.33 bits per heavy atom. The van der Waals surface area contributed by atoms with E-state index >= 15 is 0 Å². The number of aliphatic carboxylic acids is 1. The van der Waals surface area contributed by atoms with Gasteiger partial charge in [-0.3, -0.25) is 14.6 Å². The number of hydrogen-bond acceptors (Lipinski definition) is 12. The van der Waals surface area contributed by atoms with Crippen LogP contribution >= 0.6 is 21.6 Å². The summed E-state index contributed by atoms with van der Waals surface area (Å²) in [6, 6.07) is 17.8. The largest absolute Gasteiger partial charge is 0.480 e. The van der Waals surface area contributed by atoms with Gasteiger partial charge in [0.1, 0.15) is 18.6 Å². The van der Waals surface area contributed by atoms with Crippen molar-refractivity contribution in [1.29, 1.82) is 0 Å². The fourth-order valence-corrected chi connectivity index (χ4v) is 8.56. The molecule has 2 aromatic carbocycles. The lowest BCUT2D eigenvalue weighted by Crippen LogP contribution is -2.42. The SMILES string of the molecule is C=CC(/C=C/c1ccc(N2CC(O)CC2C(=O)OC)cc1)=C\C=NCC(=O)NCCSSCCNC(=O)C[n+]1ccc(/C=C/c2ccc(N3CC(O)CC3C(=O)O)cc2)cc1. The molecule has 0 radical (unpaired) electrons. The molecule has 0 spiro atoms. The van der Waals surface area contributed by atoms with Crippen molar-refractivity contribution in [2.45, 2.75) is 43.7 Å². The molecule has 3 aromatic rings. The van der Waals surface area contributed by atoms with Crippen LogP contribution < -0.4 is 25.0 Å². The lowest BCUT2D eigenvalue weighted by atomic mass is 10.1. The maximum atomic E-state index is 12.5. The van der Waals surface area contributed by atoms with E-state index in [0.717, 1.165) is 39.4 Å². The lowest BCUT2D eigenvalue weighted by molar-refractivity contribution is -0.684. The maximum absolute atomic E-state index is 12.5. The van der Waals surface area contributed by atoms with Crippen molar-refractivity contribution in [3.8, 4) is 0 Å². The summed E-state index contributed by atoms with van der Waals surface area (Å²) in [6.07, 6.45) is 15.8. The van der Waals surface area contributed by atoms with E-state index in [0.29, 0.717) is 38.4 Å². The van der Waals surface area contributed by atoms with Crippen LogP contribution in [0.3, 0.4) is 0 Å². The zero-order valence-electron chi connectivity index (χ0n) is 34.0. The van der Waals surface area contributed by atoms with Crippen molar-refractivity contribution < 1.29 is 43.8 Å². The standard InChI is InChI=1S/C45H52N6O8S2/c1-3-32(4-5-33-10-14-37(15-11-33)51-30-39(53)27-41(51)45(58)59-2)16-19-46-28-42(54)47-20-24-60-61-25-21-48-43(55)31-49-22-17-35(18-23-49)7-6-34-8-12-36(13-9-34)50-29-38(52)26-40(50)44(56)57/h3-19,22-23,38-41,52-53H,1,20-21,24-31H2,2H3,(H2-,47,48,54,55,56,57)/p+1/b5-4+,32-16+,46-19?. The number of aliphatic hydroxyl groups excluding tert-OH is 2. The smallest absolute Gasteiger partial charge is 0.328 e. The number of carbonyl (C=O) groups is 4. The van der Waals surface area contributed by atoms with Crippen molar-refractivity contribution in [1.82, 2.24) is 10.6 Å². The molecule has 4 unspecified atom stereocenters. The molecule has 5 rings (SSSR count). The Kier molecular flexibility index (Phi) is 18.2. The van der Waals surface area contributed by atoms with E-state index in [4.69, 9.17) is 4.74 Å². The fourth-order valence-electron chi connectivity index (χ4n) is 6.74. The Morgan fingerprint density at radius 3 is 1.89 bits per heavy atom. The molecule has 1 aromatic heterocycles. The molecule has 2 saturated heterocycles. The number of methoxy groups -OCH3 is 1. The van der Waals surface area contributed by atoms with Crippen LogP contribution in [0.25, 0.3) is 18.2 Å². The average molecular weight is 870 g/mol. The number of benzene rings is 2. The van der Waals surface area contributed by atoms with Crippen molar-refractivity contribution in [3.63, 3.8) is 0 Å². The van der Waals surface area contributed by atoms with Crippen LogP contribution in [-0.2, 0) is 30.5 Å². The molecular weight excluding hydrogens is 817 g/mol. The Morgan fingerprint density at radius 1 is 0.803 bits per heavy atom. The maximum Gasteiger partial charge on any atom is 0.328 e. The van der Waals surface area contributed by atoms with Crippen LogP contribution in [0.4, 0.5) is 11.4 Å². The minimum Gasteiger partial charge on any atom is -0.480 e. The molecule has 3 heterocycles. The highest BCUT2D eigenvalue weighted by Crippen LogP contribution is 2.28. The third kappa shape index (κ3) is 14.8. The zero-order chi connectivity index (χ0) is 43.6. The zero-order valence-corrected chi connectivity index (χ0v) is 35.7. The fraction of sp³-hybridized carbons (Fsp3) is 0.333. The molecular formula is C45H53N6O8S2+. The first-order valence-electron chi connectivity index (χ1n) is 19.9. The van der Waals surface area contributed by atoms with E-state index < -0.39 is 30.3 Å². The van der Waals surface area contributed by atoms with E-state index in [1.54, 1.807) is 49.4 Å². The number of aromatic nitrogens is 1. The van der Waals surface area contributed by atoms with Gasteiger partial charge in [0.05, 0.1) is 19.3 Å². The van der Waals surface area contributed by atoms with Gasteiger partial charge in [-0.25, -0.2) is 9.59 Å². The van der Waals surface area contributed by atoms with E-state index in [9.17, 15) is 34.5 Å². The second kappa shape index (κ2) is 23.9. The highest BCUT2D eigenvalue weighted by Gasteiger charge is 2.37. The molecule has 2 aliphatic rings. The molecule has 322 valence electrons. The molecule has 0 saturated carbocycles. The molecule has 14 nitrogen and oxygen atoms in total. The third-order valence-electron chi connectivity index (χ3n) is 9.89. The number of anilines is 2. The normalized spacial score (nSPS) is 19.2. The first-order valence-corrected chi connectivity index (χ1v) is 22.4. The van der Waals surface area contributed by atoms with Crippen LogP contribution in [0, 0.1) is 0 Å². The van der Waals surface area contributed by atoms with Gasteiger partial charge in [-0.15, -0.1) is 0 Å². The summed E-state index contributed by atoms with van der Waals surface area (Å²) in [4.78, 5) is 56.1. The number of nitrogens with zero attached hydrogens (tertiary/aromatic N) is 4. The van der Waals surface area contributed by atoms with Crippen molar-refractivity contribution >= 4 is 81.2 Å². The van der Waals surface area contributed by atoms with Crippen LogP contribution in [0.2, 0.25) is 0 Å². The van der Waals surface area contributed by atoms with Crippen molar-refractivity contribution in [2.24, 2.45) is 4.99 Å². The minimum absolute atomic E-state index is 0.00520. The Balaban J connectivity index is 0.903. The highest BCUT2D eigenvalue weighted by atomic mass is 33.1. The second-order valence-corrected chi connectivity index (χ2v) is 17.0. The number of aliphatic imine (C=N–C) groups is 1. The van der Waals surface area contributed by atoms with Gasteiger partial charge < -0.3 is 40.5 Å². The highest BCUT2D eigenvalue weighted by molar-refractivity contribution is 8.76. The molecule has 4 atom stereocenters. The van der Waals surface area contributed by atoms with Crippen LogP contribution in [-0.4, -0.2) is 121 Å². The van der Waals surface area contributed by atoms with Crippen molar-refractivity contribution in [3.05, 3.63) is 120 Å². The average Bonchev–Trinajstić information content (AvgIpc) is 3.86. The first-order chi connectivity index (χ1) is 29.5. The van der Waals surface area contributed by atoms with E-state index in [1.165, 1.54) is 7.11 Å². The van der Waals surface area contributed by atoms with Crippen LogP contribution in [0.5, 0.6) is 0 Å². The van der Waals surface area contributed by atoms with Gasteiger partial charge in [0.2, 0.25) is 12.5 Å². The number of hydrogen-bond donors (Lipinski definition) is 5. The number of nitrogens with one attached hydrogen (secondary N) is 2. The number of carboxylic acids is 1. The number of aliphatic hydroxyl groups is 2. The Hall–Kier alpha value is -5.68. The van der Waals surface area contributed by atoms with Gasteiger partial charge in [0, 0.05) is 80.2 Å². The summed E-state index contributed by atoms with van der Waals surface area (Å²) in [5, 5.41) is 35.3.